The first-order valence-electron chi connectivity index (χ1n) is 6.91. The van der Waals surface area contributed by atoms with E-state index in [9.17, 15) is 0 Å². The molecule has 0 amide bonds. The maximum Gasteiger partial charge on any atom is 0.193 e. The summed E-state index contributed by atoms with van der Waals surface area (Å²) in [6.45, 7) is 5.17. The van der Waals surface area contributed by atoms with Crippen molar-refractivity contribution in [3.05, 3.63) is 34.9 Å². The van der Waals surface area contributed by atoms with Crippen LogP contribution in [0.25, 0.3) is 0 Å². The Morgan fingerprint density at radius 1 is 1.43 bits per heavy atom. The molecule has 6 heteroatoms. The van der Waals surface area contributed by atoms with Gasteiger partial charge in [-0.05, 0) is 31.0 Å². The van der Waals surface area contributed by atoms with E-state index in [4.69, 9.17) is 16.3 Å². The Morgan fingerprint density at radius 3 is 2.81 bits per heavy atom. The second kappa shape index (κ2) is 12.1. The summed E-state index contributed by atoms with van der Waals surface area (Å²) >= 11 is 6.00. The highest BCUT2D eigenvalue weighted by atomic mass is 127. The highest BCUT2D eigenvalue weighted by Crippen LogP contribution is 2.12. The fourth-order valence-corrected chi connectivity index (χ4v) is 2.10. The number of ether oxygens (including phenoxy) is 1. The molecule has 0 aliphatic carbocycles. The van der Waals surface area contributed by atoms with Gasteiger partial charge in [0.25, 0.3) is 0 Å². The normalized spacial score (nSPS) is 11.0. The standard InChI is InChI=1S/C15H24ClN3O.HI/c1-4-20-10-6-9-18-15(17-2)19(3)12-13-7-5-8-14(16)11-13;/h5,7-8,11H,4,6,9-10,12H2,1-3H3,(H,17,18);1H. The van der Waals surface area contributed by atoms with E-state index in [-0.39, 0.29) is 24.0 Å². The summed E-state index contributed by atoms with van der Waals surface area (Å²) in [5.74, 6) is 0.876. The van der Waals surface area contributed by atoms with Crippen molar-refractivity contribution < 1.29 is 4.74 Å². The third-order valence-corrected chi connectivity index (χ3v) is 3.07. The van der Waals surface area contributed by atoms with E-state index in [1.807, 2.05) is 32.2 Å². The molecule has 4 nitrogen and oxygen atoms in total. The maximum atomic E-state index is 6.00. The van der Waals surface area contributed by atoms with Gasteiger partial charge >= 0.3 is 0 Å². The largest absolute Gasteiger partial charge is 0.382 e. The summed E-state index contributed by atoms with van der Waals surface area (Å²) in [6, 6.07) is 7.88. The lowest BCUT2D eigenvalue weighted by Crippen LogP contribution is -2.39. The second-order valence-corrected chi connectivity index (χ2v) is 4.95. The maximum absolute atomic E-state index is 6.00. The highest BCUT2D eigenvalue weighted by molar-refractivity contribution is 14.0. The predicted octanol–water partition coefficient (Wildman–Crippen LogP) is 3.39. The van der Waals surface area contributed by atoms with Gasteiger partial charge in [0.15, 0.2) is 5.96 Å². The summed E-state index contributed by atoms with van der Waals surface area (Å²) in [4.78, 5) is 6.36. The number of aliphatic imine (C=N–C) groups is 1. The Morgan fingerprint density at radius 2 is 2.19 bits per heavy atom. The van der Waals surface area contributed by atoms with E-state index in [2.05, 4.69) is 21.3 Å². The molecule has 1 rings (SSSR count). The van der Waals surface area contributed by atoms with Gasteiger partial charge in [-0.15, -0.1) is 24.0 Å². The first kappa shape index (κ1) is 20.5. The van der Waals surface area contributed by atoms with Gasteiger partial charge in [-0.3, -0.25) is 4.99 Å². The molecule has 1 aromatic rings. The highest BCUT2D eigenvalue weighted by Gasteiger charge is 2.06. The van der Waals surface area contributed by atoms with Crippen LogP contribution in [0.15, 0.2) is 29.3 Å². The van der Waals surface area contributed by atoms with Gasteiger partial charge in [0.1, 0.15) is 0 Å². The molecule has 1 N–H and O–H groups in total. The summed E-state index contributed by atoms with van der Waals surface area (Å²) in [5.41, 5.74) is 1.16. The molecule has 120 valence electrons. The van der Waals surface area contributed by atoms with Crippen LogP contribution in [0.4, 0.5) is 0 Å². The van der Waals surface area contributed by atoms with E-state index in [0.29, 0.717) is 0 Å². The van der Waals surface area contributed by atoms with E-state index >= 15 is 0 Å². The van der Waals surface area contributed by atoms with Gasteiger partial charge < -0.3 is 15.0 Å². The zero-order valence-corrected chi connectivity index (χ0v) is 16.0. The minimum absolute atomic E-state index is 0. The summed E-state index contributed by atoms with van der Waals surface area (Å²) in [7, 11) is 3.80. The molecule has 0 unspecified atom stereocenters. The zero-order valence-electron chi connectivity index (χ0n) is 12.9. The van der Waals surface area contributed by atoms with Gasteiger partial charge in [0, 0.05) is 45.4 Å². The van der Waals surface area contributed by atoms with Crippen molar-refractivity contribution in [3.8, 4) is 0 Å². The molecule has 0 saturated carbocycles. The fraction of sp³-hybridized carbons (Fsp3) is 0.533. The molecule has 0 aliphatic rings. The van der Waals surface area contributed by atoms with Gasteiger partial charge in [-0.25, -0.2) is 0 Å². The van der Waals surface area contributed by atoms with E-state index in [1.54, 1.807) is 7.05 Å². The molecule has 0 radical (unpaired) electrons. The van der Waals surface area contributed by atoms with Crippen LogP contribution in [0.3, 0.4) is 0 Å². The van der Waals surface area contributed by atoms with Crippen molar-refractivity contribution in [2.24, 2.45) is 4.99 Å². The van der Waals surface area contributed by atoms with Crippen molar-refractivity contribution in [1.82, 2.24) is 10.2 Å². The number of benzene rings is 1. The Kier molecular flexibility index (Phi) is 11.8. The van der Waals surface area contributed by atoms with Crippen molar-refractivity contribution in [1.29, 1.82) is 0 Å². The third kappa shape index (κ3) is 8.48. The number of nitrogens with zero attached hydrogens (tertiary/aromatic N) is 2. The van der Waals surface area contributed by atoms with E-state index in [0.717, 1.165) is 49.3 Å². The van der Waals surface area contributed by atoms with Crippen LogP contribution in [0.5, 0.6) is 0 Å². The van der Waals surface area contributed by atoms with Crippen LogP contribution in [0, 0.1) is 0 Å². The van der Waals surface area contributed by atoms with Crippen LogP contribution in [-0.4, -0.2) is 44.7 Å². The molecular weight excluding hydrogens is 401 g/mol. The summed E-state index contributed by atoms with van der Waals surface area (Å²) < 4.78 is 5.31. The van der Waals surface area contributed by atoms with Crippen LogP contribution < -0.4 is 5.32 Å². The molecule has 0 saturated heterocycles. The lowest BCUT2D eigenvalue weighted by Gasteiger charge is -2.22. The van der Waals surface area contributed by atoms with Crippen molar-refractivity contribution >= 4 is 41.5 Å². The Hall–Kier alpha value is -0.530. The molecular formula is C15H25ClIN3O. The van der Waals surface area contributed by atoms with Crippen LogP contribution in [0.2, 0.25) is 5.02 Å². The molecule has 1 aromatic carbocycles. The summed E-state index contributed by atoms with van der Waals surface area (Å²) in [6.07, 6.45) is 0.970. The molecule has 0 bridgehead atoms. The number of hydrogen-bond donors (Lipinski definition) is 1. The molecule has 0 heterocycles. The van der Waals surface area contributed by atoms with Crippen molar-refractivity contribution in [3.63, 3.8) is 0 Å². The number of nitrogens with one attached hydrogen (secondary N) is 1. The van der Waals surface area contributed by atoms with Gasteiger partial charge in [0.2, 0.25) is 0 Å². The minimum Gasteiger partial charge on any atom is -0.382 e. The van der Waals surface area contributed by atoms with E-state index in [1.165, 1.54) is 0 Å². The predicted molar refractivity (Wildman–Crippen MR) is 101 cm³/mol. The number of halogens is 2. The smallest absolute Gasteiger partial charge is 0.193 e. The molecule has 0 spiro atoms. The average Bonchev–Trinajstić information content (AvgIpc) is 2.42. The quantitative estimate of drug-likeness (QED) is 0.315. The SMILES string of the molecule is CCOCCCNC(=NC)N(C)Cc1cccc(Cl)c1.I. The Labute approximate surface area is 149 Å². The van der Waals surface area contributed by atoms with Gasteiger partial charge in [0.05, 0.1) is 0 Å². The lowest BCUT2D eigenvalue weighted by atomic mass is 10.2. The number of rotatable bonds is 7. The monoisotopic (exact) mass is 425 g/mol. The van der Waals surface area contributed by atoms with Crippen molar-refractivity contribution in [2.45, 2.75) is 19.9 Å². The topological polar surface area (TPSA) is 36.9 Å². The third-order valence-electron chi connectivity index (χ3n) is 2.83. The second-order valence-electron chi connectivity index (χ2n) is 4.51. The van der Waals surface area contributed by atoms with Crippen LogP contribution in [-0.2, 0) is 11.3 Å². The van der Waals surface area contributed by atoms with Crippen molar-refractivity contribution in [2.75, 3.05) is 33.9 Å². The number of guanidine groups is 1. The molecule has 21 heavy (non-hydrogen) atoms. The van der Waals surface area contributed by atoms with Gasteiger partial charge in [-0.1, -0.05) is 23.7 Å². The lowest BCUT2D eigenvalue weighted by molar-refractivity contribution is 0.145. The first-order valence-corrected chi connectivity index (χ1v) is 7.29. The Balaban J connectivity index is 0.00000400. The molecule has 0 fully saturated rings. The van der Waals surface area contributed by atoms with Crippen LogP contribution >= 0.6 is 35.6 Å². The summed E-state index contributed by atoms with van der Waals surface area (Å²) in [5, 5.41) is 4.09. The number of hydrogen-bond acceptors (Lipinski definition) is 2. The first-order chi connectivity index (χ1) is 9.67. The molecule has 0 aromatic heterocycles. The average molecular weight is 426 g/mol. The Bertz CT molecular complexity index is 429. The fourth-order valence-electron chi connectivity index (χ4n) is 1.89. The van der Waals surface area contributed by atoms with Gasteiger partial charge in [-0.2, -0.15) is 0 Å². The molecule has 0 aliphatic heterocycles. The molecule has 0 atom stereocenters. The zero-order chi connectivity index (χ0) is 14.8. The van der Waals surface area contributed by atoms with E-state index < -0.39 is 0 Å². The van der Waals surface area contributed by atoms with Crippen LogP contribution in [0.1, 0.15) is 18.9 Å². The minimum atomic E-state index is 0.